The van der Waals surface area contributed by atoms with E-state index in [2.05, 4.69) is 10.1 Å². The minimum Gasteiger partial charge on any atom is -0.385 e. The third-order valence-electron chi connectivity index (χ3n) is 6.92. The number of aliphatic hydroxyl groups is 1. The van der Waals surface area contributed by atoms with Crippen LogP contribution in [0.2, 0.25) is 0 Å². The fourth-order valence-corrected chi connectivity index (χ4v) is 5.13. The predicted molar refractivity (Wildman–Crippen MR) is 113 cm³/mol. The normalized spacial score (nSPS) is 23.8. The number of quaternary nitrogens is 1. The first kappa shape index (κ1) is 20.3. The Morgan fingerprint density at radius 2 is 2.10 bits per heavy atom. The second-order valence-corrected chi connectivity index (χ2v) is 8.88. The molecule has 31 heavy (non-hydrogen) atoms. The maximum Gasteiger partial charge on any atom is 0.257 e. The first-order chi connectivity index (χ1) is 15.0. The van der Waals surface area contributed by atoms with Gasteiger partial charge >= 0.3 is 0 Å². The van der Waals surface area contributed by atoms with E-state index in [1.807, 2.05) is 6.92 Å². The SMILES string of the molecule is Cc1nc2n(c(=O)c1CC[NH+]1CCC(c3noc4ccc(F)cc34)CC1)CCCC2O. The molecule has 1 unspecified atom stereocenters. The average molecular weight is 428 g/mol. The number of rotatable bonds is 4. The highest BCUT2D eigenvalue weighted by Crippen LogP contribution is 2.30. The first-order valence-electron chi connectivity index (χ1n) is 11.2. The van der Waals surface area contributed by atoms with E-state index >= 15 is 0 Å². The molecule has 7 nitrogen and oxygen atoms in total. The van der Waals surface area contributed by atoms with Crippen LogP contribution < -0.4 is 10.5 Å². The zero-order valence-electron chi connectivity index (χ0n) is 17.7. The van der Waals surface area contributed by atoms with E-state index in [9.17, 15) is 14.3 Å². The van der Waals surface area contributed by atoms with Gasteiger partial charge in [0.1, 0.15) is 17.7 Å². The van der Waals surface area contributed by atoms with Crippen molar-refractivity contribution in [2.45, 2.75) is 57.6 Å². The Balaban J connectivity index is 1.25. The number of likely N-dealkylation sites (tertiary alicyclic amines) is 1. The first-order valence-corrected chi connectivity index (χ1v) is 11.2. The molecule has 2 aliphatic rings. The van der Waals surface area contributed by atoms with Crippen molar-refractivity contribution in [3.8, 4) is 0 Å². The number of aromatic nitrogens is 3. The highest BCUT2D eigenvalue weighted by molar-refractivity contribution is 5.79. The zero-order chi connectivity index (χ0) is 21.5. The molecule has 1 saturated heterocycles. The minimum atomic E-state index is -0.639. The quantitative estimate of drug-likeness (QED) is 0.662. The number of piperidine rings is 1. The summed E-state index contributed by atoms with van der Waals surface area (Å²) in [5, 5.41) is 15.2. The Hall–Kier alpha value is -2.58. The van der Waals surface area contributed by atoms with E-state index in [1.54, 1.807) is 10.6 Å². The monoisotopic (exact) mass is 427 g/mol. The number of aliphatic hydroxyl groups excluding tert-OH is 1. The summed E-state index contributed by atoms with van der Waals surface area (Å²) < 4.78 is 20.7. The number of fused-ring (bicyclic) bond motifs is 2. The molecule has 5 rings (SSSR count). The second-order valence-electron chi connectivity index (χ2n) is 8.88. The lowest BCUT2D eigenvalue weighted by Crippen LogP contribution is -3.13. The van der Waals surface area contributed by atoms with Gasteiger partial charge in [-0.15, -0.1) is 0 Å². The molecule has 4 heterocycles. The smallest absolute Gasteiger partial charge is 0.257 e. The molecule has 3 aromatic rings. The standard InChI is InChI=1S/C23H27FN4O3/c1-14-17(23(30)28-9-2-3-19(29)22(28)25-14)8-12-27-10-6-15(7-11-27)21-18-13-16(24)4-5-20(18)31-26-21/h4-5,13,15,19,29H,2-3,6-12H2,1H3/p+1. The summed E-state index contributed by atoms with van der Waals surface area (Å²) in [6, 6.07) is 4.54. The van der Waals surface area contributed by atoms with Crippen molar-refractivity contribution >= 4 is 11.0 Å². The molecule has 1 aromatic carbocycles. The molecule has 0 amide bonds. The Labute approximate surface area is 179 Å². The van der Waals surface area contributed by atoms with Crippen LogP contribution in [0.4, 0.5) is 4.39 Å². The molecule has 0 bridgehead atoms. The second kappa shape index (κ2) is 8.16. The fourth-order valence-electron chi connectivity index (χ4n) is 5.13. The Kier molecular flexibility index (Phi) is 5.35. The summed E-state index contributed by atoms with van der Waals surface area (Å²) in [5.41, 5.74) is 3.01. The van der Waals surface area contributed by atoms with Crippen molar-refractivity contribution in [2.24, 2.45) is 0 Å². The summed E-state index contributed by atoms with van der Waals surface area (Å²) in [6.07, 6.45) is 3.43. The highest BCUT2D eigenvalue weighted by Gasteiger charge is 2.28. The van der Waals surface area contributed by atoms with Crippen molar-refractivity contribution in [1.29, 1.82) is 0 Å². The lowest BCUT2D eigenvalue weighted by atomic mass is 9.91. The number of aryl methyl sites for hydroxylation is 1. The van der Waals surface area contributed by atoms with Crippen molar-refractivity contribution in [3.05, 3.63) is 57.1 Å². The highest BCUT2D eigenvalue weighted by atomic mass is 19.1. The van der Waals surface area contributed by atoms with E-state index in [0.717, 1.165) is 61.2 Å². The van der Waals surface area contributed by atoms with Crippen LogP contribution in [0.1, 0.15) is 60.5 Å². The molecule has 1 atom stereocenters. The molecule has 0 saturated carbocycles. The van der Waals surface area contributed by atoms with Gasteiger partial charge in [-0.25, -0.2) is 9.37 Å². The molecule has 8 heteroatoms. The lowest BCUT2D eigenvalue weighted by molar-refractivity contribution is -0.905. The number of nitrogens with one attached hydrogen (secondary N) is 1. The van der Waals surface area contributed by atoms with E-state index in [-0.39, 0.29) is 17.3 Å². The van der Waals surface area contributed by atoms with Gasteiger partial charge in [-0.3, -0.25) is 9.36 Å². The molecule has 0 radical (unpaired) electrons. The summed E-state index contributed by atoms with van der Waals surface area (Å²) in [5.74, 6) is 0.515. The van der Waals surface area contributed by atoms with E-state index in [0.29, 0.717) is 30.8 Å². The van der Waals surface area contributed by atoms with Gasteiger partial charge in [0.2, 0.25) is 0 Å². The Morgan fingerprint density at radius 1 is 1.29 bits per heavy atom. The lowest BCUT2D eigenvalue weighted by Gasteiger charge is -2.29. The van der Waals surface area contributed by atoms with Gasteiger partial charge < -0.3 is 14.5 Å². The van der Waals surface area contributed by atoms with Crippen molar-refractivity contribution < 1.29 is 18.9 Å². The number of hydrogen-bond donors (Lipinski definition) is 2. The van der Waals surface area contributed by atoms with Crippen LogP contribution in [-0.4, -0.2) is 39.4 Å². The van der Waals surface area contributed by atoms with Gasteiger partial charge in [0.05, 0.1) is 25.3 Å². The van der Waals surface area contributed by atoms with Gasteiger partial charge in [-0.1, -0.05) is 5.16 Å². The van der Waals surface area contributed by atoms with Gasteiger partial charge in [-0.2, -0.15) is 0 Å². The predicted octanol–water partition coefficient (Wildman–Crippen LogP) is 1.66. The maximum atomic E-state index is 13.7. The molecule has 1 fully saturated rings. The molecular formula is C23H28FN4O3+. The van der Waals surface area contributed by atoms with Crippen LogP contribution in [0.25, 0.3) is 11.0 Å². The van der Waals surface area contributed by atoms with Crippen molar-refractivity contribution in [2.75, 3.05) is 19.6 Å². The van der Waals surface area contributed by atoms with Gasteiger partial charge in [0.25, 0.3) is 5.56 Å². The molecule has 0 aliphatic carbocycles. The number of benzene rings is 1. The number of nitrogens with zero attached hydrogens (tertiary/aromatic N) is 3. The van der Waals surface area contributed by atoms with Gasteiger partial charge in [0, 0.05) is 48.4 Å². The number of hydrogen-bond acceptors (Lipinski definition) is 5. The summed E-state index contributed by atoms with van der Waals surface area (Å²) >= 11 is 0. The minimum absolute atomic E-state index is 0.00614. The molecule has 0 spiro atoms. The molecular weight excluding hydrogens is 399 g/mol. The van der Waals surface area contributed by atoms with Crippen LogP contribution in [-0.2, 0) is 13.0 Å². The largest absolute Gasteiger partial charge is 0.385 e. The molecule has 164 valence electrons. The zero-order valence-corrected chi connectivity index (χ0v) is 17.7. The topological polar surface area (TPSA) is 85.6 Å². The van der Waals surface area contributed by atoms with E-state index in [4.69, 9.17) is 4.52 Å². The molecule has 2 N–H and O–H groups in total. The summed E-state index contributed by atoms with van der Waals surface area (Å²) in [7, 11) is 0. The van der Waals surface area contributed by atoms with Crippen molar-refractivity contribution in [1.82, 2.24) is 14.7 Å². The summed E-state index contributed by atoms with van der Waals surface area (Å²) in [6.45, 7) is 5.34. The Bertz CT molecular complexity index is 1160. The van der Waals surface area contributed by atoms with Crippen LogP contribution in [0.5, 0.6) is 0 Å². The van der Waals surface area contributed by atoms with Crippen molar-refractivity contribution in [3.63, 3.8) is 0 Å². The van der Waals surface area contributed by atoms with Crippen LogP contribution in [0.3, 0.4) is 0 Å². The molecule has 2 aliphatic heterocycles. The molecule has 2 aromatic heterocycles. The van der Waals surface area contributed by atoms with Crippen LogP contribution >= 0.6 is 0 Å². The Morgan fingerprint density at radius 3 is 2.90 bits per heavy atom. The summed E-state index contributed by atoms with van der Waals surface area (Å²) in [4.78, 5) is 19.0. The van der Waals surface area contributed by atoms with Crippen LogP contribution in [0, 0.1) is 12.7 Å². The van der Waals surface area contributed by atoms with Gasteiger partial charge in [0.15, 0.2) is 5.58 Å². The third kappa shape index (κ3) is 3.78. The third-order valence-corrected chi connectivity index (χ3v) is 6.92. The average Bonchev–Trinajstić information content (AvgIpc) is 3.18. The fraction of sp³-hybridized carbons (Fsp3) is 0.522. The van der Waals surface area contributed by atoms with E-state index in [1.165, 1.54) is 17.0 Å². The maximum absolute atomic E-state index is 13.7. The van der Waals surface area contributed by atoms with E-state index < -0.39 is 6.10 Å². The van der Waals surface area contributed by atoms with Gasteiger partial charge in [-0.05, 0) is 38.0 Å². The number of halogens is 1. The van der Waals surface area contributed by atoms with Crippen LogP contribution in [0.15, 0.2) is 27.5 Å².